The number of nitrogens with zero attached hydrogens (tertiary/aromatic N) is 1. The number of quaternary nitrogens is 1. The van der Waals surface area contributed by atoms with Gasteiger partial charge in [-0.05, 0) is 39.0 Å². The maximum atomic E-state index is 11.2. The van der Waals surface area contributed by atoms with E-state index in [1.54, 1.807) is 6.92 Å². The predicted molar refractivity (Wildman–Crippen MR) is 113 cm³/mol. The van der Waals surface area contributed by atoms with E-state index in [4.69, 9.17) is 4.74 Å². The molecular weight excluding hydrogens is 322 g/mol. The summed E-state index contributed by atoms with van der Waals surface area (Å²) >= 11 is 0. The van der Waals surface area contributed by atoms with Gasteiger partial charge in [-0.1, -0.05) is 64.9 Å². The van der Waals surface area contributed by atoms with Crippen LogP contribution in [0.15, 0.2) is 12.2 Å². The molecule has 154 valence electrons. The molecule has 0 amide bonds. The van der Waals surface area contributed by atoms with Gasteiger partial charge < -0.3 is 9.22 Å². The van der Waals surface area contributed by atoms with Crippen molar-refractivity contribution in [3.8, 4) is 0 Å². The van der Waals surface area contributed by atoms with Crippen LogP contribution in [0.25, 0.3) is 0 Å². The molecule has 0 aromatic carbocycles. The van der Waals surface area contributed by atoms with E-state index >= 15 is 0 Å². The van der Waals surface area contributed by atoms with Crippen LogP contribution in [0, 0.1) is 0 Å². The van der Waals surface area contributed by atoms with Crippen LogP contribution in [0.5, 0.6) is 0 Å². The van der Waals surface area contributed by atoms with Gasteiger partial charge in [-0.15, -0.1) is 0 Å². The molecule has 0 bridgehead atoms. The number of rotatable bonds is 18. The van der Waals surface area contributed by atoms with E-state index < -0.39 is 0 Å². The van der Waals surface area contributed by atoms with Crippen molar-refractivity contribution < 1.29 is 14.0 Å². The summed E-state index contributed by atoms with van der Waals surface area (Å²) in [6.45, 7) is 10.7. The lowest BCUT2D eigenvalue weighted by Gasteiger charge is -2.30. The maximum Gasteiger partial charge on any atom is 0.333 e. The lowest BCUT2D eigenvalue weighted by atomic mass is 10.1. The zero-order chi connectivity index (χ0) is 19.7. The van der Waals surface area contributed by atoms with Crippen molar-refractivity contribution in [2.24, 2.45) is 0 Å². The first-order valence-electron chi connectivity index (χ1n) is 11.0. The molecule has 0 fully saturated rings. The van der Waals surface area contributed by atoms with Crippen LogP contribution in [0.3, 0.4) is 0 Å². The van der Waals surface area contributed by atoms with E-state index in [9.17, 15) is 4.79 Å². The molecule has 0 saturated carbocycles. The smallest absolute Gasteiger partial charge is 0.333 e. The normalized spacial score (nSPS) is 11.5. The average molecular weight is 369 g/mol. The summed E-state index contributed by atoms with van der Waals surface area (Å²) in [6.07, 6.45) is 17.1. The fourth-order valence-electron chi connectivity index (χ4n) is 3.25. The van der Waals surface area contributed by atoms with Crippen LogP contribution in [-0.4, -0.2) is 44.2 Å². The lowest BCUT2D eigenvalue weighted by Crippen LogP contribution is -2.41. The van der Waals surface area contributed by atoms with Gasteiger partial charge in [0.05, 0.1) is 33.8 Å². The molecule has 0 aliphatic heterocycles. The van der Waals surface area contributed by atoms with Crippen molar-refractivity contribution in [2.75, 3.05) is 33.8 Å². The highest BCUT2D eigenvalue weighted by molar-refractivity contribution is 5.86. The quantitative estimate of drug-likeness (QED) is 0.123. The fraction of sp³-hybridized carbons (Fsp3) is 0.870. The summed E-state index contributed by atoms with van der Waals surface area (Å²) in [5, 5.41) is 0. The van der Waals surface area contributed by atoms with E-state index in [1.165, 1.54) is 88.2 Å². The monoisotopic (exact) mass is 368 g/mol. The second-order valence-corrected chi connectivity index (χ2v) is 8.54. The van der Waals surface area contributed by atoms with Gasteiger partial charge in [-0.25, -0.2) is 4.79 Å². The molecule has 0 aromatic heterocycles. The molecule has 0 radical (unpaired) electrons. The summed E-state index contributed by atoms with van der Waals surface area (Å²) in [5.74, 6) is -0.258. The summed E-state index contributed by atoms with van der Waals surface area (Å²) in [4.78, 5) is 11.2. The Balaban J connectivity index is 3.42. The van der Waals surface area contributed by atoms with Crippen molar-refractivity contribution in [2.45, 2.75) is 97.3 Å². The molecule has 0 aliphatic rings. The standard InChI is InChI=1S/C23H46NO2/c1-6-7-8-9-10-13-16-19-24(4,5)20-17-14-11-12-15-18-21-26-23(25)22(2)3/h2,6-21H2,1,3-5H3/q+1. The van der Waals surface area contributed by atoms with E-state index in [2.05, 4.69) is 27.6 Å². The molecule has 0 saturated heterocycles. The Kier molecular flexibility index (Phi) is 15.8. The van der Waals surface area contributed by atoms with Crippen LogP contribution in [-0.2, 0) is 9.53 Å². The first-order valence-corrected chi connectivity index (χ1v) is 11.0. The fourth-order valence-corrected chi connectivity index (χ4v) is 3.25. The van der Waals surface area contributed by atoms with E-state index in [-0.39, 0.29) is 5.97 Å². The van der Waals surface area contributed by atoms with Crippen LogP contribution < -0.4 is 0 Å². The van der Waals surface area contributed by atoms with Gasteiger partial charge in [-0.2, -0.15) is 0 Å². The maximum absolute atomic E-state index is 11.2. The molecule has 0 unspecified atom stereocenters. The number of hydrogen-bond acceptors (Lipinski definition) is 2. The van der Waals surface area contributed by atoms with Gasteiger partial charge in [-0.3, -0.25) is 0 Å². The second-order valence-electron chi connectivity index (χ2n) is 8.54. The molecule has 0 aromatic rings. The third kappa shape index (κ3) is 16.6. The molecule has 0 heterocycles. The third-order valence-electron chi connectivity index (χ3n) is 5.11. The van der Waals surface area contributed by atoms with Crippen LogP contribution in [0.2, 0.25) is 0 Å². The zero-order valence-electron chi connectivity index (χ0n) is 18.3. The predicted octanol–water partition coefficient (Wildman–Crippen LogP) is 6.27. The Bertz CT molecular complexity index is 363. The van der Waals surface area contributed by atoms with E-state index in [1.807, 2.05) is 0 Å². The number of carbonyl (C=O) groups excluding carboxylic acids is 1. The molecule has 26 heavy (non-hydrogen) atoms. The first kappa shape index (κ1) is 25.2. The van der Waals surface area contributed by atoms with Gasteiger partial charge >= 0.3 is 5.97 Å². The van der Waals surface area contributed by atoms with Crippen molar-refractivity contribution in [1.82, 2.24) is 0 Å². The summed E-state index contributed by atoms with van der Waals surface area (Å²) in [6, 6.07) is 0. The highest BCUT2D eigenvalue weighted by Crippen LogP contribution is 2.12. The Morgan fingerprint density at radius 1 is 0.769 bits per heavy atom. The van der Waals surface area contributed by atoms with Crippen LogP contribution in [0.1, 0.15) is 97.3 Å². The number of esters is 1. The molecule has 0 N–H and O–H groups in total. The number of ether oxygens (including phenoxy) is 1. The number of carbonyl (C=O) groups is 1. The van der Waals surface area contributed by atoms with Crippen LogP contribution in [0.4, 0.5) is 0 Å². The first-order chi connectivity index (χ1) is 12.4. The molecule has 0 rings (SSSR count). The molecule has 0 aliphatic carbocycles. The summed E-state index contributed by atoms with van der Waals surface area (Å²) in [5.41, 5.74) is 0.488. The largest absolute Gasteiger partial charge is 0.462 e. The van der Waals surface area contributed by atoms with Gasteiger partial charge in [0.1, 0.15) is 0 Å². The molecule has 0 atom stereocenters. The Morgan fingerprint density at radius 3 is 1.65 bits per heavy atom. The topological polar surface area (TPSA) is 26.3 Å². The molecule has 3 nitrogen and oxygen atoms in total. The van der Waals surface area contributed by atoms with Gasteiger partial charge in [0, 0.05) is 5.57 Å². The molecule has 3 heteroatoms. The van der Waals surface area contributed by atoms with E-state index in [0.717, 1.165) is 12.8 Å². The van der Waals surface area contributed by atoms with Crippen LogP contribution >= 0.6 is 0 Å². The number of unbranched alkanes of at least 4 members (excludes halogenated alkanes) is 11. The van der Waals surface area contributed by atoms with Crippen molar-refractivity contribution in [3.05, 3.63) is 12.2 Å². The zero-order valence-corrected chi connectivity index (χ0v) is 18.3. The van der Waals surface area contributed by atoms with Gasteiger partial charge in [0.2, 0.25) is 0 Å². The minimum atomic E-state index is -0.258. The van der Waals surface area contributed by atoms with Crippen molar-refractivity contribution in [1.29, 1.82) is 0 Å². The SMILES string of the molecule is C=C(C)C(=O)OCCCCCCCC[N+](C)(C)CCCCCCCCC. The summed E-state index contributed by atoms with van der Waals surface area (Å²) < 4.78 is 6.28. The van der Waals surface area contributed by atoms with Crippen molar-refractivity contribution >= 4 is 5.97 Å². The third-order valence-corrected chi connectivity index (χ3v) is 5.11. The minimum absolute atomic E-state index is 0.258. The van der Waals surface area contributed by atoms with E-state index in [0.29, 0.717) is 12.2 Å². The summed E-state index contributed by atoms with van der Waals surface area (Å²) in [7, 11) is 4.76. The molecule has 0 spiro atoms. The highest BCUT2D eigenvalue weighted by Gasteiger charge is 2.13. The lowest BCUT2D eigenvalue weighted by molar-refractivity contribution is -0.890. The average Bonchev–Trinajstić information content (AvgIpc) is 2.59. The Labute approximate surface area is 163 Å². The molecular formula is C23H46NO2+. The van der Waals surface area contributed by atoms with Gasteiger partial charge in [0.15, 0.2) is 0 Å². The highest BCUT2D eigenvalue weighted by atomic mass is 16.5. The van der Waals surface area contributed by atoms with Crippen molar-refractivity contribution in [3.63, 3.8) is 0 Å². The Hall–Kier alpha value is -0.830. The number of hydrogen-bond donors (Lipinski definition) is 0. The van der Waals surface area contributed by atoms with Gasteiger partial charge in [0.25, 0.3) is 0 Å². The minimum Gasteiger partial charge on any atom is -0.462 e. The second kappa shape index (κ2) is 16.4. The Morgan fingerprint density at radius 2 is 1.19 bits per heavy atom.